The highest BCUT2D eigenvalue weighted by Gasteiger charge is 2.16. The smallest absolute Gasteiger partial charge is 0.275 e. The minimum Gasteiger partial charge on any atom is -0.493 e. The number of hydrogen-bond acceptors (Lipinski definition) is 6. The van der Waals surface area contributed by atoms with E-state index in [1.165, 1.54) is 16.7 Å². The molecule has 2 N–H and O–H groups in total. The van der Waals surface area contributed by atoms with Gasteiger partial charge in [0.05, 0.1) is 27.9 Å². The molecule has 0 aliphatic carbocycles. The van der Waals surface area contributed by atoms with Crippen LogP contribution in [0.25, 0.3) is 27.5 Å². The van der Waals surface area contributed by atoms with Crippen molar-refractivity contribution in [3.63, 3.8) is 0 Å². The highest BCUT2D eigenvalue weighted by atomic mass is 32.2. The van der Waals surface area contributed by atoms with Crippen LogP contribution in [-0.2, 0) is 4.79 Å². The lowest BCUT2D eigenvalue weighted by atomic mass is 10.2. The molecule has 1 amide bonds. The van der Waals surface area contributed by atoms with Crippen molar-refractivity contribution < 1.29 is 14.3 Å². The van der Waals surface area contributed by atoms with E-state index < -0.39 is 17.3 Å². The molecule has 2 aromatic heterocycles. The van der Waals surface area contributed by atoms with Gasteiger partial charge in [0.2, 0.25) is 5.88 Å². The summed E-state index contributed by atoms with van der Waals surface area (Å²) in [6.07, 6.45) is 0. The van der Waals surface area contributed by atoms with Gasteiger partial charge in [0.25, 0.3) is 11.5 Å². The fourth-order valence-corrected chi connectivity index (χ4v) is 4.47. The van der Waals surface area contributed by atoms with E-state index in [1.807, 2.05) is 19.1 Å². The van der Waals surface area contributed by atoms with Gasteiger partial charge in [-0.2, -0.15) is 0 Å². The van der Waals surface area contributed by atoms with Crippen molar-refractivity contribution in [1.82, 2.24) is 14.5 Å². The zero-order valence-electron chi connectivity index (χ0n) is 18.4. The number of aromatic amines is 1. The number of amides is 1. The van der Waals surface area contributed by atoms with Crippen LogP contribution in [0, 0.1) is 12.7 Å². The second-order valence-electron chi connectivity index (χ2n) is 7.79. The summed E-state index contributed by atoms with van der Waals surface area (Å²) in [5.41, 5.74) is 2.22. The van der Waals surface area contributed by atoms with Crippen molar-refractivity contribution in [2.24, 2.45) is 10.2 Å². The van der Waals surface area contributed by atoms with Gasteiger partial charge in [0, 0.05) is 5.39 Å². The van der Waals surface area contributed by atoms with Crippen molar-refractivity contribution in [3.05, 3.63) is 88.5 Å². The number of nitrogens with zero attached hydrogens (tertiary/aromatic N) is 4. The number of fused-ring (bicyclic) bond motifs is 2. The average Bonchev–Trinajstić information content (AvgIpc) is 3.16. The van der Waals surface area contributed by atoms with Gasteiger partial charge >= 0.3 is 0 Å². The summed E-state index contributed by atoms with van der Waals surface area (Å²) in [5, 5.41) is 18.9. The molecular formula is C25H18FN5O3S. The summed E-state index contributed by atoms with van der Waals surface area (Å²) >= 11 is 1.02. The predicted octanol–water partition coefficient (Wildman–Crippen LogP) is 5.42. The minimum atomic E-state index is -0.579. The van der Waals surface area contributed by atoms with Gasteiger partial charge in [-0.05, 0) is 49.4 Å². The van der Waals surface area contributed by atoms with E-state index in [4.69, 9.17) is 0 Å². The van der Waals surface area contributed by atoms with Crippen LogP contribution < -0.4 is 5.56 Å². The Bertz CT molecular complexity index is 1680. The topological polar surface area (TPSA) is 113 Å². The molecule has 0 aliphatic heterocycles. The first-order chi connectivity index (χ1) is 16.9. The van der Waals surface area contributed by atoms with E-state index in [0.717, 1.165) is 23.4 Å². The van der Waals surface area contributed by atoms with Crippen LogP contribution >= 0.6 is 11.8 Å². The number of hydrogen-bond donors (Lipinski definition) is 2. The number of rotatable bonds is 5. The monoisotopic (exact) mass is 487 g/mol. The standard InChI is InChI=1S/C25H18FN5O3S/c1-14-7-9-19-17(11-14)22(23(33)27-19)30-29-21(32)13-35-25-28-20-10-8-15(26)12-18(20)24(34)31(25)16-5-3-2-4-6-16/h2-12,27,33H,13H2,1H3. The molecule has 35 heavy (non-hydrogen) atoms. The number of nitrogens with one attached hydrogen (secondary N) is 1. The molecule has 0 saturated carbocycles. The third kappa shape index (κ3) is 4.43. The maximum atomic E-state index is 13.8. The van der Waals surface area contributed by atoms with Crippen molar-refractivity contribution in [2.45, 2.75) is 12.1 Å². The van der Waals surface area contributed by atoms with Crippen LogP contribution in [0.5, 0.6) is 5.88 Å². The Balaban J connectivity index is 1.46. The zero-order chi connectivity index (χ0) is 24.5. The number of thioether (sulfide) groups is 1. The van der Waals surface area contributed by atoms with Crippen LogP contribution in [0.15, 0.2) is 86.9 Å². The summed E-state index contributed by atoms with van der Waals surface area (Å²) in [6, 6.07) is 18.1. The molecule has 8 nitrogen and oxygen atoms in total. The second kappa shape index (κ2) is 9.15. The Morgan fingerprint density at radius 2 is 1.91 bits per heavy atom. The lowest BCUT2D eigenvalue weighted by Crippen LogP contribution is -2.22. The average molecular weight is 488 g/mol. The van der Waals surface area contributed by atoms with Gasteiger partial charge in [-0.25, -0.2) is 9.37 Å². The number of aromatic nitrogens is 3. The highest BCUT2D eigenvalue weighted by Crippen LogP contribution is 2.36. The molecule has 0 unspecified atom stereocenters. The Labute approximate surface area is 202 Å². The van der Waals surface area contributed by atoms with Gasteiger partial charge in [-0.3, -0.25) is 14.2 Å². The molecule has 2 heterocycles. The second-order valence-corrected chi connectivity index (χ2v) is 8.73. The Morgan fingerprint density at radius 3 is 2.71 bits per heavy atom. The molecule has 5 aromatic rings. The van der Waals surface area contributed by atoms with E-state index in [1.54, 1.807) is 36.4 Å². The number of para-hydroxylation sites is 1. The van der Waals surface area contributed by atoms with E-state index in [-0.39, 0.29) is 27.9 Å². The van der Waals surface area contributed by atoms with Crippen molar-refractivity contribution in [2.75, 3.05) is 5.75 Å². The van der Waals surface area contributed by atoms with Crippen molar-refractivity contribution in [3.8, 4) is 11.6 Å². The van der Waals surface area contributed by atoms with Crippen LogP contribution in [-0.4, -0.2) is 31.3 Å². The maximum absolute atomic E-state index is 13.8. The van der Waals surface area contributed by atoms with Gasteiger partial charge in [-0.1, -0.05) is 41.6 Å². The first-order valence-electron chi connectivity index (χ1n) is 10.6. The zero-order valence-corrected chi connectivity index (χ0v) is 19.2. The summed E-state index contributed by atoms with van der Waals surface area (Å²) in [5.74, 6) is -1.46. The molecule has 0 radical (unpaired) electrons. The Morgan fingerprint density at radius 1 is 1.11 bits per heavy atom. The quantitative estimate of drug-likeness (QED) is 0.195. The number of azo groups is 1. The number of aromatic hydroxyl groups is 1. The molecule has 0 spiro atoms. The maximum Gasteiger partial charge on any atom is 0.275 e. The molecule has 0 aliphatic rings. The van der Waals surface area contributed by atoms with Gasteiger partial charge in [-0.15, -0.1) is 10.2 Å². The number of carbonyl (C=O) groups is 1. The largest absolute Gasteiger partial charge is 0.493 e. The van der Waals surface area contributed by atoms with E-state index in [9.17, 15) is 19.1 Å². The third-order valence-corrected chi connectivity index (χ3v) is 6.23. The third-order valence-electron chi connectivity index (χ3n) is 5.31. The molecule has 3 aromatic carbocycles. The number of halogens is 1. The van der Waals surface area contributed by atoms with Gasteiger partial charge in [0.15, 0.2) is 10.8 Å². The normalized spacial score (nSPS) is 11.6. The Kier molecular flexibility index (Phi) is 5.87. The molecule has 174 valence electrons. The summed E-state index contributed by atoms with van der Waals surface area (Å²) in [4.78, 5) is 33.0. The van der Waals surface area contributed by atoms with Crippen molar-refractivity contribution in [1.29, 1.82) is 0 Å². The summed E-state index contributed by atoms with van der Waals surface area (Å²) < 4.78 is 15.1. The molecular weight excluding hydrogens is 469 g/mol. The van der Waals surface area contributed by atoms with Crippen LogP contribution in [0.4, 0.5) is 10.1 Å². The van der Waals surface area contributed by atoms with Gasteiger partial charge < -0.3 is 10.1 Å². The molecule has 10 heteroatoms. The van der Waals surface area contributed by atoms with Crippen LogP contribution in [0.2, 0.25) is 0 Å². The first kappa shape index (κ1) is 22.5. The van der Waals surface area contributed by atoms with Crippen LogP contribution in [0.1, 0.15) is 5.56 Å². The molecule has 0 atom stereocenters. The SMILES string of the molecule is Cc1ccc2[nH]c(O)c(N=NC(=O)CSc3nc4ccc(F)cc4c(=O)n3-c3ccccc3)c2c1. The lowest BCUT2D eigenvalue weighted by Gasteiger charge is -2.12. The molecule has 5 rings (SSSR count). The lowest BCUT2D eigenvalue weighted by molar-refractivity contribution is -0.115. The van der Waals surface area contributed by atoms with Crippen LogP contribution in [0.3, 0.4) is 0 Å². The minimum absolute atomic E-state index is 0.134. The fraction of sp³-hybridized carbons (Fsp3) is 0.0800. The number of H-pyrrole nitrogens is 1. The summed E-state index contributed by atoms with van der Waals surface area (Å²) in [6.45, 7) is 1.91. The Hall–Kier alpha value is -4.31. The van der Waals surface area contributed by atoms with E-state index >= 15 is 0 Å². The van der Waals surface area contributed by atoms with Crippen molar-refractivity contribution >= 4 is 45.2 Å². The fourth-order valence-electron chi connectivity index (χ4n) is 3.68. The molecule has 0 fully saturated rings. The van der Waals surface area contributed by atoms with E-state index in [0.29, 0.717) is 22.1 Å². The number of benzene rings is 3. The summed E-state index contributed by atoms with van der Waals surface area (Å²) in [7, 11) is 0. The molecule has 0 bridgehead atoms. The molecule has 0 saturated heterocycles. The first-order valence-corrected chi connectivity index (χ1v) is 11.6. The number of carbonyl (C=O) groups excluding carboxylic acids is 1. The predicted molar refractivity (Wildman–Crippen MR) is 132 cm³/mol. The number of aryl methyl sites for hydroxylation is 1. The van der Waals surface area contributed by atoms with Gasteiger partial charge in [0.1, 0.15) is 5.82 Å². The van der Waals surface area contributed by atoms with E-state index in [2.05, 4.69) is 20.2 Å². The highest BCUT2D eigenvalue weighted by molar-refractivity contribution is 7.99.